The van der Waals surface area contributed by atoms with Gasteiger partial charge in [-0.2, -0.15) is 0 Å². The normalized spacial score (nSPS) is 14.1. The van der Waals surface area contributed by atoms with Crippen LogP contribution in [-0.2, 0) is 4.79 Å². The molecular weight excluding hydrogens is 390 g/mol. The molecule has 0 N–H and O–H groups in total. The topological polar surface area (TPSA) is 84.6 Å². The largest absolute Gasteiger partial charge is 0.497 e. The molecule has 0 aliphatic carbocycles. The van der Waals surface area contributed by atoms with Gasteiger partial charge in [0.2, 0.25) is 11.8 Å². The number of carbonyl (C=O) groups excluding carboxylic acids is 1. The van der Waals surface area contributed by atoms with Crippen LogP contribution in [0.1, 0.15) is 0 Å². The van der Waals surface area contributed by atoms with Crippen LogP contribution in [0.3, 0.4) is 0 Å². The van der Waals surface area contributed by atoms with Crippen molar-refractivity contribution in [3.63, 3.8) is 0 Å². The van der Waals surface area contributed by atoms with Crippen molar-refractivity contribution in [3.05, 3.63) is 48.8 Å². The predicted octanol–water partition coefficient (Wildman–Crippen LogP) is 2.58. The molecule has 1 amide bonds. The standard InChI is InChI=1S/C20H21N5O3S/c1-27-17-4-2-16(3-5-17)24-10-12-25(13-11-24)18(26)14-29-20-23-22-19(28-20)15-6-8-21-9-7-15/h2-9H,10-14H2,1H3. The van der Waals surface area contributed by atoms with Gasteiger partial charge in [-0.25, -0.2) is 0 Å². The molecule has 150 valence electrons. The van der Waals surface area contributed by atoms with Crippen LogP contribution in [0.2, 0.25) is 0 Å². The minimum Gasteiger partial charge on any atom is -0.497 e. The summed E-state index contributed by atoms with van der Waals surface area (Å²) in [5.74, 6) is 1.62. The van der Waals surface area contributed by atoms with E-state index >= 15 is 0 Å². The molecule has 1 aliphatic rings. The van der Waals surface area contributed by atoms with E-state index < -0.39 is 0 Å². The zero-order chi connectivity index (χ0) is 20.1. The number of anilines is 1. The minimum atomic E-state index is 0.0769. The summed E-state index contributed by atoms with van der Waals surface area (Å²) >= 11 is 1.26. The van der Waals surface area contributed by atoms with Gasteiger partial charge in [0.1, 0.15) is 5.75 Å². The molecular formula is C20H21N5O3S. The van der Waals surface area contributed by atoms with Gasteiger partial charge in [-0.1, -0.05) is 11.8 Å². The van der Waals surface area contributed by atoms with Crippen LogP contribution in [0.25, 0.3) is 11.5 Å². The van der Waals surface area contributed by atoms with Gasteiger partial charge >= 0.3 is 0 Å². The van der Waals surface area contributed by atoms with Crippen LogP contribution >= 0.6 is 11.8 Å². The smallest absolute Gasteiger partial charge is 0.277 e. The Morgan fingerprint density at radius 3 is 2.48 bits per heavy atom. The number of nitrogens with zero attached hydrogens (tertiary/aromatic N) is 5. The molecule has 9 heteroatoms. The van der Waals surface area contributed by atoms with Crippen LogP contribution in [0.15, 0.2) is 58.4 Å². The Bertz CT molecular complexity index is 940. The fourth-order valence-corrected chi connectivity index (χ4v) is 3.77. The minimum absolute atomic E-state index is 0.0769. The molecule has 0 spiro atoms. The van der Waals surface area contributed by atoms with Crippen LogP contribution in [0.4, 0.5) is 5.69 Å². The van der Waals surface area contributed by atoms with Crippen molar-refractivity contribution in [3.8, 4) is 17.2 Å². The number of piperazine rings is 1. The number of rotatable bonds is 6. The van der Waals surface area contributed by atoms with Crippen molar-refractivity contribution in [2.75, 3.05) is 43.9 Å². The molecule has 0 unspecified atom stereocenters. The van der Waals surface area contributed by atoms with Crippen LogP contribution in [0.5, 0.6) is 5.75 Å². The number of amides is 1. The number of carbonyl (C=O) groups is 1. The number of methoxy groups -OCH3 is 1. The van der Waals surface area contributed by atoms with E-state index in [1.807, 2.05) is 29.2 Å². The Balaban J connectivity index is 1.26. The van der Waals surface area contributed by atoms with E-state index in [0.717, 1.165) is 30.1 Å². The fourth-order valence-electron chi connectivity index (χ4n) is 3.10. The summed E-state index contributed by atoms with van der Waals surface area (Å²) in [6.45, 7) is 2.99. The number of hydrogen-bond donors (Lipinski definition) is 0. The van der Waals surface area contributed by atoms with Gasteiger partial charge in [-0.3, -0.25) is 9.78 Å². The third-order valence-corrected chi connectivity index (χ3v) is 5.53. The van der Waals surface area contributed by atoms with E-state index in [-0.39, 0.29) is 11.7 Å². The zero-order valence-electron chi connectivity index (χ0n) is 16.0. The summed E-state index contributed by atoms with van der Waals surface area (Å²) in [5, 5.41) is 8.43. The van der Waals surface area contributed by atoms with E-state index in [0.29, 0.717) is 24.2 Å². The second kappa shape index (κ2) is 8.95. The lowest BCUT2D eigenvalue weighted by atomic mass is 10.2. The molecule has 2 aromatic heterocycles. The summed E-state index contributed by atoms with van der Waals surface area (Å²) in [4.78, 5) is 20.7. The van der Waals surface area contributed by atoms with Crippen LogP contribution in [-0.4, -0.2) is 65.0 Å². The Hall–Kier alpha value is -3.07. The number of pyridine rings is 1. The summed E-state index contributed by atoms with van der Waals surface area (Å²) in [6, 6.07) is 11.6. The van der Waals surface area contributed by atoms with Crippen molar-refractivity contribution in [2.45, 2.75) is 5.22 Å². The lowest BCUT2D eigenvalue weighted by molar-refractivity contribution is -0.128. The number of aromatic nitrogens is 3. The van der Waals surface area contributed by atoms with Gasteiger partial charge in [0.25, 0.3) is 5.22 Å². The highest BCUT2D eigenvalue weighted by Crippen LogP contribution is 2.24. The maximum absolute atomic E-state index is 12.5. The van der Waals surface area contributed by atoms with Crippen molar-refractivity contribution in [2.24, 2.45) is 0 Å². The molecule has 4 rings (SSSR count). The van der Waals surface area contributed by atoms with Gasteiger partial charge < -0.3 is 19.0 Å². The highest BCUT2D eigenvalue weighted by Gasteiger charge is 2.22. The van der Waals surface area contributed by atoms with Gasteiger partial charge in [-0.05, 0) is 36.4 Å². The van der Waals surface area contributed by atoms with Crippen LogP contribution < -0.4 is 9.64 Å². The van der Waals surface area contributed by atoms with Gasteiger partial charge in [0, 0.05) is 49.8 Å². The Morgan fingerprint density at radius 1 is 1.07 bits per heavy atom. The molecule has 1 aliphatic heterocycles. The third kappa shape index (κ3) is 4.68. The van der Waals surface area contributed by atoms with Crippen molar-refractivity contribution < 1.29 is 13.9 Å². The van der Waals surface area contributed by atoms with Crippen molar-refractivity contribution in [1.29, 1.82) is 0 Å². The number of benzene rings is 1. The average Bonchev–Trinajstić information content (AvgIpc) is 3.27. The maximum atomic E-state index is 12.5. The molecule has 0 saturated carbocycles. The zero-order valence-corrected chi connectivity index (χ0v) is 16.8. The first-order valence-corrected chi connectivity index (χ1v) is 10.2. The molecule has 3 heterocycles. The van der Waals surface area contributed by atoms with E-state index in [4.69, 9.17) is 9.15 Å². The fraction of sp³-hybridized carbons (Fsp3) is 0.300. The molecule has 0 bridgehead atoms. The number of hydrogen-bond acceptors (Lipinski definition) is 8. The van der Waals surface area contributed by atoms with Crippen molar-refractivity contribution >= 4 is 23.4 Å². The highest BCUT2D eigenvalue weighted by atomic mass is 32.2. The van der Waals surface area contributed by atoms with E-state index in [9.17, 15) is 4.79 Å². The monoisotopic (exact) mass is 411 g/mol. The number of thioether (sulfide) groups is 1. The SMILES string of the molecule is COc1ccc(N2CCN(C(=O)CSc3nnc(-c4ccncc4)o3)CC2)cc1. The summed E-state index contributed by atoms with van der Waals surface area (Å²) in [6.07, 6.45) is 3.34. The Kier molecular flexibility index (Phi) is 5.95. The predicted molar refractivity (Wildman–Crippen MR) is 110 cm³/mol. The molecule has 29 heavy (non-hydrogen) atoms. The summed E-state index contributed by atoms with van der Waals surface area (Å²) in [5.41, 5.74) is 1.95. The molecule has 0 atom stereocenters. The molecule has 0 radical (unpaired) electrons. The van der Waals surface area contributed by atoms with E-state index in [1.54, 1.807) is 31.6 Å². The second-order valence-electron chi connectivity index (χ2n) is 6.46. The molecule has 8 nitrogen and oxygen atoms in total. The molecule has 3 aromatic rings. The second-order valence-corrected chi connectivity index (χ2v) is 7.39. The Morgan fingerprint density at radius 2 is 1.79 bits per heavy atom. The van der Waals surface area contributed by atoms with Gasteiger partial charge in [-0.15, -0.1) is 10.2 Å². The maximum Gasteiger partial charge on any atom is 0.277 e. The summed E-state index contributed by atoms with van der Waals surface area (Å²) in [7, 11) is 1.66. The summed E-state index contributed by atoms with van der Waals surface area (Å²) < 4.78 is 10.8. The average molecular weight is 411 g/mol. The first kappa shape index (κ1) is 19.3. The van der Waals surface area contributed by atoms with Crippen LogP contribution in [0, 0.1) is 0 Å². The Labute approximate surface area is 172 Å². The molecule has 1 aromatic carbocycles. The third-order valence-electron chi connectivity index (χ3n) is 4.72. The van der Waals surface area contributed by atoms with E-state index in [2.05, 4.69) is 20.1 Å². The first-order valence-electron chi connectivity index (χ1n) is 9.26. The highest BCUT2D eigenvalue weighted by molar-refractivity contribution is 7.99. The lowest BCUT2D eigenvalue weighted by Crippen LogP contribution is -2.49. The van der Waals surface area contributed by atoms with Crippen molar-refractivity contribution in [1.82, 2.24) is 20.1 Å². The molecule has 1 fully saturated rings. The lowest BCUT2D eigenvalue weighted by Gasteiger charge is -2.36. The quantitative estimate of drug-likeness (QED) is 0.572. The van der Waals surface area contributed by atoms with Gasteiger partial charge in [0.05, 0.1) is 12.9 Å². The van der Waals surface area contributed by atoms with E-state index in [1.165, 1.54) is 11.8 Å². The number of ether oxygens (including phenoxy) is 1. The first-order chi connectivity index (χ1) is 14.2. The molecule has 1 saturated heterocycles. The van der Waals surface area contributed by atoms with Gasteiger partial charge in [0.15, 0.2) is 0 Å².